The van der Waals surface area contributed by atoms with Gasteiger partial charge in [-0.2, -0.15) is 0 Å². The second kappa shape index (κ2) is 6.52. The van der Waals surface area contributed by atoms with Crippen LogP contribution in [-0.4, -0.2) is 32.0 Å². The number of benzene rings is 1. The van der Waals surface area contributed by atoms with Crippen LogP contribution in [0.5, 0.6) is 0 Å². The molecule has 0 aromatic heterocycles. The third-order valence-electron chi connectivity index (χ3n) is 3.64. The van der Waals surface area contributed by atoms with Gasteiger partial charge in [0.1, 0.15) is 0 Å². The van der Waals surface area contributed by atoms with Gasteiger partial charge in [0.2, 0.25) is 5.91 Å². The van der Waals surface area contributed by atoms with E-state index in [1.807, 2.05) is 6.92 Å². The minimum atomic E-state index is -0.123. The molecule has 0 unspecified atom stereocenters. The lowest BCUT2D eigenvalue weighted by Gasteiger charge is -2.22. The van der Waals surface area contributed by atoms with Crippen LogP contribution in [0.15, 0.2) is 18.2 Å². The number of hydrogen-bond donors (Lipinski definition) is 3. The van der Waals surface area contributed by atoms with Gasteiger partial charge >= 0.3 is 0 Å². The number of nitrogens with one attached hydrogen (secondary N) is 3. The maximum atomic E-state index is 12.2. The number of anilines is 1. The number of carbonyl (C=O) groups is 2. The largest absolute Gasteiger partial charge is 0.355 e. The zero-order valence-corrected chi connectivity index (χ0v) is 12.0. The van der Waals surface area contributed by atoms with Crippen LogP contribution in [0, 0.1) is 12.8 Å². The van der Waals surface area contributed by atoms with Crippen molar-refractivity contribution in [2.45, 2.75) is 19.8 Å². The Morgan fingerprint density at radius 2 is 2.15 bits per heavy atom. The molecule has 1 atom stereocenters. The van der Waals surface area contributed by atoms with E-state index in [-0.39, 0.29) is 17.7 Å². The first-order valence-electron chi connectivity index (χ1n) is 6.96. The first kappa shape index (κ1) is 14.5. The summed E-state index contributed by atoms with van der Waals surface area (Å²) in [7, 11) is 1.60. The molecule has 20 heavy (non-hydrogen) atoms. The van der Waals surface area contributed by atoms with Crippen molar-refractivity contribution in [1.82, 2.24) is 10.6 Å². The van der Waals surface area contributed by atoms with Gasteiger partial charge in [0.15, 0.2) is 0 Å². The van der Waals surface area contributed by atoms with Gasteiger partial charge in [-0.3, -0.25) is 9.59 Å². The summed E-state index contributed by atoms with van der Waals surface area (Å²) in [4.78, 5) is 23.7. The molecule has 2 rings (SSSR count). The monoisotopic (exact) mass is 275 g/mol. The Bertz CT molecular complexity index is 508. The summed E-state index contributed by atoms with van der Waals surface area (Å²) < 4.78 is 0. The molecule has 2 amide bonds. The van der Waals surface area contributed by atoms with Crippen LogP contribution in [0.2, 0.25) is 0 Å². The maximum absolute atomic E-state index is 12.2. The Morgan fingerprint density at radius 3 is 2.75 bits per heavy atom. The van der Waals surface area contributed by atoms with Crippen molar-refractivity contribution in [3.63, 3.8) is 0 Å². The Labute approximate surface area is 119 Å². The Balaban J connectivity index is 2.05. The number of amides is 2. The van der Waals surface area contributed by atoms with E-state index < -0.39 is 0 Å². The summed E-state index contributed by atoms with van der Waals surface area (Å²) >= 11 is 0. The highest BCUT2D eigenvalue weighted by molar-refractivity contribution is 5.97. The van der Waals surface area contributed by atoms with Crippen LogP contribution >= 0.6 is 0 Å². The van der Waals surface area contributed by atoms with Gasteiger partial charge in [-0.1, -0.05) is 0 Å². The van der Waals surface area contributed by atoms with Gasteiger partial charge in [0.25, 0.3) is 5.91 Å². The lowest BCUT2D eigenvalue weighted by Crippen LogP contribution is -2.37. The molecule has 1 fully saturated rings. The first-order chi connectivity index (χ1) is 9.61. The predicted octanol–water partition coefficient (Wildman–Crippen LogP) is 1.29. The van der Waals surface area contributed by atoms with E-state index in [0.29, 0.717) is 5.56 Å². The van der Waals surface area contributed by atoms with Crippen molar-refractivity contribution in [2.75, 3.05) is 25.5 Å². The Morgan fingerprint density at radius 1 is 1.35 bits per heavy atom. The first-order valence-corrected chi connectivity index (χ1v) is 6.96. The van der Waals surface area contributed by atoms with Gasteiger partial charge < -0.3 is 16.0 Å². The Hall–Kier alpha value is -1.88. The molecule has 5 heteroatoms. The molecule has 0 radical (unpaired) electrons. The minimum Gasteiger partial charge on any atom is -0.355 e. The molecule has 0 bridgehead atoms. The fourth-order valence-electron chi connectivity index (χ4n) is 2.40. The number of rotatable bonds is 3. The number of carbonyl (C=O) groups excluding carboxylic acids is 2. The summed E-state index contributed by atoms with van der Waals surface area (Å²) in [6, 6.07) is 5.29. The smallest absolute Gasteiger partial charge is 0.251 e. The van der Waals surface area contributed by atoms with Crippen LogP contribution in [0.1, 0.15) is 28.8 Å². The second-order valence-electron chi connectivity index (χ2n) is 5.14. The molecule has 1 aromatic carbocycles. The second-order valence-corrected chi connectivity index (χ2v) is 5.14. The van der Waals surface area contributed by atoms with E-state index >= 15 is 0 Å². The fraction of sp³-hybridized carbons (Fsp3) is 0.467. The van der Waals surface area contributed by atoms with Crippen molar-refractivity contribution in [3.05, 3.63) is 29.3 Å². The molecule has 5 nitrogen and oxygen atoms in total. The van der Waals surface area contributed by atoms with Gasteiger partial charge in [-0.05, 0) is 50.1 Å². The van der Waals surface area contributed by atoms with Crippen molar-refractivity contribution >= 4 is 17.5 Å². The zero-order chi connectivity index (χ0) is 14.5. The number of aryl methyl sites for hydroxylation is 1. The third kappa shape index (κ3) is 3.36. The van der Waals surface area contributed by atoms with Crippen molar-refractivity contribution < 1.29 is 9.59 Å². The van der Waals surface area contributed by atoms with Gasteiger partial charge in [-0.25, -0.2) is 0 Å². The van der Waals surface area contributed by atoms with Crippen molar-refractivity contribution in [2.24, 2.45) is 5.92 Å². The molecule has 108 valence electrons. The standard InChI is InChI=1S/C15H21N3O2/c1-10-8-11(14(19)16-2)5-6-13(10)18-15(20)12-4-3-7-17-9-12/h5-6,8,12,17H,3-4,7,9H2,1-2H3,(H,16,19)(H,18,20)/t12-/m0/s1. The molecule has 1 heterocycles. The molecule has 1 aromatic rings. The fourth-order valence-corrected chi connectivity index (χ4v) is 2.40. The molecule has 1 saturated heterocycles. The molecule has 0 aliphatic carbocycles. The van der Waals surface area contributed by atoms with Gasteiger partial charge in [-0.15, -0.1) is 0 Å². The average Bonchev–Trinajstić information content (AvgIpc) is 2.49. The predicted molar refractivity (Wildman–Crippen MR) is 78.8 cm³/mol. The van der Waals surface area contributed by atoms with Crippen LogP contribution in [0.3, 0.4) is 0 Å². The zero-order valence-electron chi connectivity index (χ0n) is 12.0. The molecule has 0 spiro atoms. The Kier molecular flexibility index (Phi) is 4.74. The van der Waals surface area contributed by atoms with Crippen LogP contribution in [0.4, 0.5) is 5.69 Å². The van der Waals surface area contributed by atoms with Crippen LogP contribution in [0.25, 0.3) is 0 Å². The summed E-state index contributed by atoms with van der Waals surface area (Å²) in [5, 5.41) is 8.77. The van der Waals surface area contributed by atoms with Gasteiger partial charge in [0, 0.05) is 24.8 Å². The lowest BCUT2D eigenvalue weighted by atomic mass is 9.98. The summed E-state index contributed by atoms with van der Waals surface area (Å²) in [5.41, 5.74) is 2.26. The lowest BCUT2D eigenvalue weighted by molar-refractivity contribution is -0.120. The van der Waals surface area contributed by atoms with Gasteiger partial charge in [0.05, 0.1) is 5.92 Å². The highest BCUT2D eigenvalue weighted by atomic mass is 16.2. The molecule has 3 N–H and O–H groups in total. The molecule has 0 saturated carbocycles. The van der Waals surface area contributed by atoms with E-state index in [1.54, 1.807) is 25.2 Å². The minimum absolute atomic E-state index is 0.0294. The molecule has 1 aliphatic heterocycles. The van der Waals surface area contributed by atoms with E-state index in [0.717, 1.165) is 37.2 Å². The normalized spacial score (nSPS) is 18.4. The van der Waals surface area contributed by atoms with Crippen molar-refractivity contribution in [1.29, 1.82) is 0 Å². The van der Waals surface area contributed by atoms with Crippen LogP contribution < -0.4 is 16.0 Å². The highest BCUT2D eigenvalue weighted by Crippen LogP contribution is 2.19. The van der Waals surface area contributed by atoms with Crippen molar-refractivity contribution in [3.8, 4) is 0 Å². The molecular weight excluding hydrogens is 254 g/mol. The number of hydrogen-bond acceptors (Lipinski definition) is 3. The summed E-state index contributed by atoms with van der Waals surface area (Å²) in [6.45, 7) is 3.62. The molecular formula is C15H21N3O2. The SMILES string of the molecule is CNC(=O)c1ccc(NC(=O)[C@H]2CCCNC2)c(C)c1. The highest BCUT2D eigenvalue weighted by Gasteiger charge is 2.21. The topological polar surface area (TPSA) is 70.2 Å². The van der Waals surface area contributed by atoms with E-state index in [2.05, 4.69) is 16.0 Å². The average molecular weight is 275 g/mol. The summed E-state index contributed by atoms with van der Waals surface area (Å²) in [6.07, 6.45) is 1.96. The summed E-state index contributed by atoms with van der Waals surface area (Å²) in [5.74, 6) is -0.0442. The molecule has 1 aliphatic rings. The number of piperidine rings is 1. The maximum Gasteiger partial charge on any atom is 0.251 e. The quantitative estimate of drug-likeness (QED) is 0.778. The van der Waals surface area contributed by atoms with Crippen LogP contribution in [-0.2, 0) is 4.79 Å². The van der Waals surface area contributed by atoms with E-state index in [1.165, 1.54) is 0 Å². The third-order valence-corrected chi connectivity index (χ3v) is 3.64. The van der Waals surface area contributed by atoms with E-state index in [4.69, 9.17) is 0 Å². The van der Waals surface area contributed by atoms with E-state index in [9.17, 15) is 9.59 Å².